The summed E-state index contributed by atoms with van der Waals surface area (Å²) < 4.78 is 1.42. The summed E-state index contributed by atoms with van der Waals surface area (Å²) in [5.41, 5.74) is 1.70. The van der Waals surface area contributed by atoms with E-state index in [0.29, 0.717) is 16.5 Å². The lowest BCUT2D eigenvalue weighted by Crippen LogP contribution is -2.31. The second kappa shape index (κ2) is 6.76. The smallest absolute Gasteiger partial charge is 0.262 e. The van der Waals surface area contributed by atoms with Crippen molar-refractivity contribution in [3.63, 3.8) is 0 Å². The third-order valence-corrected chi connectivity index (χ3v) is 4.39. The molecule has 26 heavy (non-hydrogen) atoms. The number of aromatic nitrogens is 2. The van der Waals surface area contributed by atoms with Crippen LogP contribution in [0.25, 0.3) is 10.9 Å². The van der Waals surface area contributed by atoms with Crippen LogP contribution in [0, 0.1) is 0 Å². The molecular weight excluding hydrogens is 324 g/mol. The number of ketones is 1. The standard InChI is InChI=1S/C22H16N2O2/c25-21(17-11-5-2-6-12-17)20(16-9-3-1-4-10-16)24-15-23-19-14-8-7-13-18(19)22(24)26/h1-15,20H/t20-/m0/s1. The molecule has 1 heterocycles. The Balaban J connectivity index is 1.93. The van der Waals surface area contributed by atoms with Crippen molar-refractivity contribution < 1.29 is 4.79 Å². The number of rotatable bonds is 4. The molecule has 0 fully saturated rings. The number of carbonyl (C=O) groups excluding carboxylic acids is 1. The van der Waals surface area contributed by atoms with E-state index in [1.54, 1.807) is 30.3 Å². The van der Waals surface area contributed by atoms with E-state index < -0.39 is 6.04 Å². The highest BCUT2D eigenvalue weighted by Crippen LogP contribution is 2.22. The fourth-order valence-electron chi connectivity index (χ4n) is 3.10. The average molecular weight is 340 g/mol. The predicted molar refractivity (Wildman–Crippen MR) is 101 cm³/mol. The number of fused-ring (bicyclic) bond motifs is 1. The Labute approximate surface area is 150 Å². The summed E-state index contributed by atoms with van der Waals surface area (Å²) in [4.78, 5) is 30.7. The molecule has 4 rings (SSSR count). The van der Waals surface area contributed by atoms with Crippen molar-refractivity contribution in [3.05, 3.63) is 113 Å². The Morgan fingerprint density at radius 2 is 1.42 bits per heavy atom. The maximum absolute atomic E-state index is 13.2. The summed E-state index contributed by atoms with van der Waals surface area (Å²) in [6.07, 6.45) is 1.46. The fourth-order valence-corrected chi connectivity index (χ4v) is 3.10. The van der Waals surface area contributed by atoms with Crippen LogP contribution in [0.2, 0.25) is 0 Å². The zero-order chi connectivity index (χ0) is 17.9. The van der Waals surface area contributed by atoms with Crippen LogP contribution < -0.4 is 5.56 Å². The van der Waals surface area contributed by atoms with Crippen LogP contribution in [0.3, 0.4) is 0 Å². The summed E-state index contributed by atoms with van der Waals surface area (Å²) in [5, 5.41) is 0.497. The van der Waals surface area contributed by atoms with Gasteiger partial charge in [0.2, 0.25) is 0 Å². The summed E-state index contributed by atoms with van der Waals surface area (Å²) in [5.74, 6) is -0.143. The van der Waals surface area contributed by atoms with Crippen LogP contribution in [0.15, 0.2) is 96.1 Å². The third-order valence-electron chi connectivity index (χ3n) is 4.39. The molecule has 0 aliphatic carbocycles. The average Bonchev–Trinajstić information content (AvgIpc) is 2.71. The maximum atomic E-state index is 13.2. The third kappa shape index (κ3) is 2.82. The molecule has 1 atom stereocenters. The van der Waals surface area contributed by atoms with Crippen molar-refractivity contribution >= 4 is 16.7 Å². The first kappa shape index (κ1) is 16.0. The fraction of sp³-hybridized carbons (Fsp3) is 0.0455. The van der Waals surface area contributed by atoms with Crippen molar-refractivity contribution in [3.8, 4) is 0 Å². The Bertz CT molecular complexity index is 1120. The van der Waals surface area contributed by atoms with Crippen LogP contribution >= 0.6 is 0 Å². The number of para-hydroxylation sites is 1. The van der Waals surface area contributed by atoms with E-state index in [9.17, 15) is 9.59 Å². The SMILES string of the molecule is O=C(c1ccccc1)[C@H](c1ccccc1)n1cnc2ccccc2c1=O. The number of nitrogens with zero attached hydrogens (tertiary/aromatic N) is 2. The molecule has 1 aromatic heterocycles. The molecule has 0 radical (unpaired) electrons. The van der Waals surface area contributed by atoms with E-state index in [-0.39, 0.29) is 11.3 Å². The lowest BCUT2D eigenvalue weighted by Gasteiger charge is -2.19. The minimum absolute atomic E-state index is 0.143. The number of hydrogen-bond acceptors (Lipinski definition) is 3. The predicted octanol–water partition coefficient (Wildman–Crippen LogP) is 3.87. The molecule has 0 saturated heterocycles. The lowest BCUT2D eigenvalue weighted by atomic mass is 9.97. The van der Waals surface area contributed by atoms with Gasteiger partial charge in [-0.15, -0.1) is 0 Å². The molecule has 4 nitrogen and oxygen atoms in total. The van der Waals surface area contributed by atoms with Crippen LogP contribution in [-0.4, -0.2) is 15.3 Å². The van der Waals surface area contributed by atoms with Crippen LogP contribution in [0.4, 0.5) is 0 Å². The van der Waals surface area contributed by atoms with Crippen molar-refractivity contribution in [2.45, 2.75) is 6.04 Å². The van der Waals surface area contributed by atoms with Gasteiger partial charge in [-0.2, -0.15) is 0 Å². The number of carbonyl (C=O) groups is 1. The molecule has 4 heteroatoms. The summed E-state index contributed by atoms with van der Waals surface area (Å²) >= 11 is 0. The molecular formula is C22H16N2O2. The van der Waals surface area contributed by atoms with Gasteiger partial charge in [0.25, 0.3) is 5.56 Å². The molecule has 0 bridgehead atoms. The highest BCUT2D eigenvalue weighted by Gasteiger charge is 2.25. The van der Waals surface area contributed by atoms with Crippen molar-refractivity contribution in [1.82, 2.24) is 9.55 Å². The molecule has 0 aliphatic rings. The van der Waals surface area contributed by atoms with E-state index in [4.69, 9.17) is 0 Å². The van der Waals surface area contributed by atoms with Gasteiger partial charge in [0.15, 0.2) is 5.78 Å². The molecule has 0 saturated carbocycles. The Hall–Kier alpha value is -3.53. The minimum atomic E-state index is -0.761. The molecule has 0 spiro atoms. The zero-order valence-corrected chi connectivity index (χ0v) is 13.9. The van der Waals surface area contributed by atoms with Gasteiger partial charge in [-0.1, -0.05) is 72.8 Å². The van der Waals surface area contributed by atoms with Crippen molar-refractivity contribution in [2.75, 3.05) is 0 Å². The minimum Gasteiger partial charge on any atom is -0.291 e. The van der Waals surface area contributed by atoms with Crippen LogP contribution in [-0.2, 0) is 0 Å². The molecule has 0 N–H and O–H groups in total. The van der Waals surface area contributed by atoms with Crippen LogP contribution in [0.1, 0.15) is 22.0 Å². The van der Waals surface area contributed by atoms with Crippen molar-refractivity contribution in [1.29, 1.82) is 0 Å². The molecule has 4 aromatic rings. The van der Waals surface area contributed by atoms with E-state index in [1.165, 1.54) is 10.9 Å². The topological polar surface area (TPSA) is 52.0 Å². The van der Waals surface area contributed by atoms with Gasteiger partial charge < -0.3 is 0 Å². The second-order valence-corrected chi connectivity index (χ2v) is 6.02. The van der Waals surface area contributed by atoms with Gasteiger partial charge >= 0.3 is 0 Å². The van der Waals surface area contributed by atoms with E-state index >= 15 is 0 Å². The zero-order valence-electron chi connectivity index (χ0n) is 13.9. The highest BCUT2D eigenvalue weighted by atomic mass is 16.1. The van der Waals surface area contributed by atoms with Gasteiger partial charge in [0.05, 0.1) is 17.2 Å². The highest BCUT2D eigenvalue weighted by molar-refractivity contribution is 6.01. The Morgan fingerprint density at radius 3 is 2.15 bits per heavy atom. The molecule has 0 unspecified atom stereocenters. The first-order valence-corrected chi connectivity index (χ1v) is 8.36. The van der Waals surface area contributed by atoms with E-state index in [1.807, 2.05) is 54.6 Å². The molecule has 3 aromatic carbocycles. The molecule has 0 aliphatic heterocycles. The van der Waals surface area contributed by atoms with Gasteiger partial charge in [-0.3, -0.25) is 14.2 Å². The molecule has 0 amide bonds. The van der Waals surface area contributed by atoms with Gasteiger partial charge in [-0.05, 0) is 17.7 Å². The van der Waals surface area contributed by atoms with Gasteiger partial charge in [0, 0.05) is 5.56 Å². The second-order valence-electron chi connectivity index (χ2n) is 6.02. The first-order chi connectivity index (χ1) is 12.8. The Kier molecular flexibility index (Phi) is 4.15. The monoisotopic (exact) mass is 340 g/mol. The van der Waals surface area contributed by atoms with E-state index in [0.717, 1.165) is 5.56 Å². The number of hydrogen-bond donors (Lipinski definition) is 0. The van der Waals surface area contributed by atoms with Crippen LogP contribution in [0.5, 0.6) is 0 Å². The van der Waals surface area contributed by atoms with Crippen molar-refractivity contribution in [2.24, 2.45) is 0 Å². The summed E-state index contributed by atoms with van der Waals surface area (Å²) in [6.45, 7) is 0. The number of benzene rings is 3. The summed E-state index contributed by atoms with van der Waals surface area (Å²) in [7, 11) is 0. The number of Topliss-reactive ketones (excluding diaryl/α,β-unsaturated/α-hetero) is 1. The molecule has 126 valence electrons. The maximum Gasteiger partial charge on any atom is 0.262 e. The first-order valence-electron chi connectivity index (χ1n) is 8.36. The quantitative estimate of drug-likeness (QED) is 0.530. The van der Waals surface area contributed by atoms with E-state index in [2.05, 4.69) is 4.98 Å². The largest absolute Gasteiger partial charge is 0.291 e. The Morgan fingerprint density at radius 1 is 0.808 bits per heavy atom. The normalized spacial score (nSPS) is 12.0. The summed E-state index contributed by atoms with van der Waals surface area (Å²) in [6, 6.07) is 24.7. The van der Waals surface area contributed by atoms with Gasteiger partial charge in [-0.25, -0.2) is 4.98 Å². The lowest BCUT2D eigenvalue weighted by molar-refractivity contribution is 0.0944. The van der Waals surface area contributed by atoms with Gasteiger partial charge in [0.1, 0.15) is 6.04 Å².